The normalized spacial score (nSPS) is 19.6. The molecule has 1 aromatic heterocycles. The van der Waals surface area contributed by atoms with Crippen LogP contribution in [0.4, 0.5) is 0 Å². The van der Waals surface area contributed by atoms with Gasteiger partial charge in [0.15, 0.2) is 0 Å². The highest BCUT2D eigenvalue weighted by molar-refractivity contribution is 7.88. The molecule has 9 heteroatoms. The maximum absolute atomic E-state index is 12.5. The molecule has 0 saturated heterocycles. The number of methoxy groups -OCH3 is 1. The molecule has 0 saturated carbocycles. The molecule has 2 N–H and O–H groups in total. The smallest absolute Gasteiger partial charge is 0.332 e. The predicted molar refractivity (Wildman–Crippen MR) is 139 cm³/mol. The van der Waals surface area contributed by atoms with Crippen molar-refractivity contribution in [1.82, 2.24) is 14.3 Å². The molecule has 8 nitrogen and oxygen atoms in total. The van der Waals surface area contributed by atoms with Crippen LogP contribution in [0.15, 0.2) is 76.1 Å². The van der Waals surface area contributed by atoms with Crippen molar-refractivity contribution in [3.05, 3.63) is 98.5 Å². The highest BCUT2D eigenvalue weighted by Crippen LogP contribution is 2.39. The van der Waals surface area contributed by atoms with E-state index in [0.717, 1.165) is 23.0 Å². The first kappa shape index (κ1) is 26.0. The number of hydrogen-bond donors (Lipinski definition) is 2. The lowest BCUT2D eigenvalue weighted by Gasteiger charge is -2.26. The van der Waals surface area contributed by atoms with Crippen LogP contribution >= 0.6 is 0 Å². The maximum atomic E-state index is 12.5. The van der Waals surface area contributed by atoms with Gasteiger partial charge in [0.2, 0.25) is 10.0 Å². The molecule has 3 rings (SSSR count). The molecule has 0 spiro atoms. The van der Waals surface area contributed by atoms with Crippen molar-refractivity contribution < 1.29 is 13.2 Å². The minimum Gasteiger partial charge on any atom is -0.496 e. The predicted octanol–water partition coefficient (Wildman–Crippen LogP) is 3.55. The first-order valence-corrected chi connectivity index (χ1v) is 13.0. The van der Waals surface area contributed by atoms with E-state index in [1.54, 1.807) is 19.3 Å². The van der Waals surface area contributed by atoms with E-state index in [9.17, 15) is 18.0 Å². The summed E-state index contributed by atoms with van der Waals surface area (Å²) >= 11 is 0. The van der Waals surface area contributed by atoms with Crippen molar-refractivity contribution in [3.8, 4) is 11.4 Å². The van der Waals surface area contributed by atoms with Gasteiger partial charge in [-0.1, -0.05) is 51.2 Å². The molecule has 35 heavy (non-hydrogen) atoms. The number of sulfonamides is 1. The van der Waals surface area contributed by atoms with Crippen molar-refractivity contribution >= 4 is 15.6 Å². The van der Waals surface area contributed by atoms with E-state index in [-0.39, 0.29) is 5.41 Å². The highest BCUT2D eigenvalue weighted by Gasteiger charge is 2.24. The highest BCUT2D eigenvalue weighted by atomic mass is 32.2. The van der Waals surface area contributed by atoms with E-state index >= 15 is 0 Å². The molecule has 1 aliphatic rings. The summed E-state index contributed by atoms with van der Waals surface area (Å²) in [5.74, 6) is 0.700. The van der Waals surface area contributed by atoms with E-state index in [2.05, 4.69) is 30.5 Å². The average Bonchev–Trinajstić information content (AvgIpc) is 2.75. The van der Waals surface area contributed by atoms with E-state index in [0.29, 0.717) is 30.0 Å². The van der Waals surface area contributed by atoms with Crippen molar-refractivity contribution in [2.75, 3.05) is 13.4 Å². The van der Waals surface area contributed by atoms with Crippen LogP contribution in [-0.2, 0) is 15.4 Å². The molecule has 0 amide bonds. The van der Waals surface area contributed by atoms with E-state index < -0.39 is 21.3 Å². The van der Waals surface area contributed by atoms with Crippen molar-refractivity contribution in [2.24, 2.45) is 0 Å². The van der Waals surface area contributed by atoms with Crippen LogP contribution in [0.2, 0.25) is 0 Å². The lowest BCUT2D eigenvalue weighted by Crippen LogP contribution is -2.28. The zero-order valence-electron chi connectivity index (χ0n) is 20.6. The van der Waals surface area contributed by atoms with E-state index in [1.807, 2.05) is 36.4 Å². The van der Waals surface area contributed by atoms with Crippen molar-refractivity contribution in [3.63, 3.8) is 0 Å². The van der Waals surface area contributed by atoms with Gasteiger partial charge in [0.05, 0.1) is 19.1 Å². The molecule has 1 aliphatic carbocycles. The Bertz CT molecular complexity index is 1450. The SMILES string of the molecule is COc1c(C2=C/C/C=C\C(NS(C)(=O)=O)=C/C/C=C\2)cc(-n2ccc(=O)[nH]c2=O)cc1C(C)(C)C. The third-order valence-corrected chi connectivity index (χ3v) is 5.95. The van der Waals surface area contributed by atoms with Crippen LogP contribution in [0, 0.1) is 0 Å². The second-order valence-electron chi connectivity index (χ2n) is 9.27. The molecule has 0 unspecified atom stereocenters. The van der Waals surface area contributed by atoms with Crippen LogP contribution in [0.25, 0.3) is 11.3 Å². The molecule has 1 aromatic carbocycles. The summed E-state index contributed by atoms with van der Waals surface area (Å²) < 4.78 is 33.0. The van der Waals surface area contributed by atoms with Crippen LogP contribution < -0.4 is 20.7 Å². The Labute approximate surface area is 205 Å². The zero-order chi connectivity index (χ0) is 25.8. The van der Waals surface area contributed by atoms with E-state index in [1.165, 1.54) is 16.8 Å². The average molecular weight is 498 g/mol. The molecule has 1 heterocycles. The lowest BCUT2D eigenvalue weighted by atomic mass is 9.83. The molecule has 0 bridgehead atoms. The van der Waals surface area contributed by atoms with Gasteiger partial charge in [-0.2, -0.15) is 0 Å². The Morgan fingerprint density at radius 3 is 2.37 bits per heavy atom. The fourth-order valence-electron chi connectivity index (χ4n) is 3.77. The van der Waals surface area contributed by atoms with Gasteiger partial charge in [0.1, 0.15) is 5.75 Å². The fraction of sp³-hybridized carbons (Fsp3) is 0.308. The van der Waals surface area contributed by atoms with Crippen LogP contribution in [-0.4, -0.2) is 31.3 Å². The number of hydrogen-bond acceptors (Lipinski definition) is 5. The minimum atomic E-state index is -3.37. The second kappa shape index (κ2) is 10.4. The monoisotopic (exact) mass is 497 g/mol. The van der Waals surface area contributed by atoms with Gasteiger partial charge in [-0.05, 0) is 42.0 Å². The summed E-state index contributed by atoms with van der Waals surface area (Å²) in [6, 6.07) is 5.08. The molecule has 2 aromatic rings. The van der Waals surface area contributed by atoms with Gasteiger partial charge in [-0.25, -0.2) is 13.2 Å². The summed E-state index contributed by atoms with van der Waals surface area (Å²) in [5, 5.41) is 0. The standard InChI is InChI=1S/C26H31N3O5S/c1-26(2,3)22-17-20(29-15-14-23(30)27-25(29)31)16-21(24(22)34-4)18-10-6-8-12-19(13-9-7-11-18)28-35(5,32)33/h6,9-17,28H,7-8H2,1-5H3,(H,27,30,31)/b10-6-,13-9-,18-11+,19-12+. The van der Waals surface area contributed by atoms with Gasteiger partial charge >= 0.3 is 5.69 Å². The van der Waals surface area contributed by atoms with Gasteiger partial charge < -0.3 is 4.74 Å². The molecule has 186 valence electrons. The Balaban J connectivity index is 2.16. The van der Waals surface area contributed by atoms with Crippen molar-refractivity contribution in [1.29, 1.82) is 0 Å². The van der Waals surface area contributed by atoms with Crippen LogP contribution in [0.3, 0.4) is 0 Å². The first-order valence-electron chi connectivity index (χ1n) is 11.2. The number of allylic oxidation sites excluding steroid dienone is 7. The summed E-state index contributed by atoms with van der Waals surface area (Å²) in [6.07, 6.45) is 14.9. The van der Waals surface area contributed by atoms with Gasteiger partial charge in [-0.15, -0.1) is 0 Å². The van der Waals surface area contributed by atoms with Gasteiger partial charge in [0.25, 0.3) is 5.56 Å². The summed E-state index contributed by atoms with van der Waals surface area (Å²) in [4.78, 5) is 26.4. The summed E-state index contributed by atoms with van der Waals surface area (Å²) in [6.45, 7) is 6.19. The second-order valence-corrected chi connectivity index (χ2v) is 11.0. The number of H-pyrrole nitrogens is 1. The molecule has 0 atom stereocenters. The summed E-state index contributed by atoms with van der Waals surface area (Å²) in [5.41, 5.74) is 2.45. The largest absolute Gasteiger partial charge is 0.496 e. The number of aromatic amines is 1. The minimum absolute atomic E-state index is 0.295. The van der Waals surface area contributed by atoms with Crippen LogP contribution in [0.1, 0.15) is 44.7 Å². The quantitative estimate of drug-likeness (QED) is 0.656. The van der Waals surface area contributed by atoms with Crippen LogP contribution in [0.5, 0.6) is 5.75 Å². The topological polar surface area (TPSA) is 110 Å². The Kier molecular flexibility index (Phi) is 7.70. The number of benzene rings is 1. The maximum Gasteiger partial charge on any atom is 0.332 e. The Hall–Kier alpha value is -3.59. The molecular formula is C26H31N3O5S. The lowest BCUT2D eigenvalue weighted by molar-refractivity contribution is 0.396. The fourth-order valence-corrected chi connectivity index (χ4v) is 4.35. The number of nitrogens with one attached hydrogen (secondary N) is 2. The first-order chi connectivity index (χ1) is 16.4. The number of rotatable bonds is 5. The van der Waals surface area contributed by atoms with Crippen molar-refractivity contribution in [2.45, 2.75) is 39.0 Å². The van der Waals surface area contributed by atoms with E-state index in [4.69, 9.17) is 4.74 Å². The number of nitrogens with zero attached hydrogens (tertiary/aromatic N) is 1. The third kappa shape index (κ3) is 6.73. The van der Waals surface area contributed by atoms with Gasteiger partial charge in [0, 0.05) is 29.1 Å². The molecule has 0 fully saturated rings. The third-order valence-electron chi connectivity index (χ3n) is 5.34. The van der Waals surface area contributed by atoms with Gasteiger partial charge in [-0.3, -0.25) is 19.1 Å². The number of ether oxygens (including phenoxy) is 1. The molecule has 0 aliphatic heterocycles. The Morgan fingerprint density at radius 1 is 1.06 bits per heavy atom. The summed E-state index contributed by atoms with van der Waals surface area (Å²) in [7, 11) is -1.75. The zero-order valence-corrected chi connectivity index (χ0v) is 21.4. The molecular weight excluding hydrogens is 466 g/mol. The Morgan fingerprint density at radius 2 is 1.74 bits per heavy atom. The number of aromatic nitrogens is 2. The molecule has 0 radical (unpaired) electrons.